The average molecular weight is 335 g/mol. The second-order valence-electron chi connectivity index (χ2n) is 2.76. The third-order valence-electron chi connectivity index (χ3n) is 1.75. The second-order valence-corrected chi connectivity index (χ2v) is 7.64. The molecule has 0 aliphatic heterocycles. The Hall–Kier alpha value is -0.210. The van der Waals surface area contributed by atoms with E-state index in [1.54, 1.807) is 0 Å². The van der Waals surface area contributed by atoms with E-state index in [4.69, 9.17) is 0 Å². The molecule has 0 fully saturated rings. The molecule has 0 aliphatic carbocycles. The minimum Gasteiger partial charge on any atom is -0.212 e. The summed E-state index contributed by atoms with van der Waals surface area (Å²) >= 11 is 2.73. The van der Waals surface area contributed by atoms with Crippen LogP contribution in [0.5, 0.6) is 0 Å². The highest BCUT2D eigenvalue weighted by atomic mass is 79.9. The average Bonchev–Trinajstić information content (AvgIpc) is 2.16. The number of halogens is 4. The Morgan fingerprint density at radius 3 is 2.31 bits per heavy atom. The normalized spacial score (nSPS) is 12.8. The maximum absolute atomic E-state index is 12.5. The van der Waals surface area contributed by atoms with Crippen LogP contribution in [0.1, 0.15) is 5.56 Å². The SMILES string of the molecule is CSS(=O)(=O)c1ccc(Br)c(C(F)(F)F)c1. The van der Waals surface area contributed by atoms with Gasteiger partial charge in [-0.3, -0.25) is 0 Å². The highest BCUT2D eigenvalue weighted by Crippen LogP contribution is 2.37. The minimum atomic E-state index is -4.58. The molecule has 0 amide bonds. The molecular formula is C8H6BrF3O2S2. The minimum absolute atomic E-state index is 0.181. The van der Waals surface area contributed by atoms with E-state index in [-0.39, 0.29) is 9.37 Å². The van der Waals surface area contributed by atoms with Crippen LogP contribution in [-0.4, -0.2) is 14.7 Å². The lowest BCUT2D eigenvalue weighted by Gasteiger charge is -2.10. The van der Waals surface area contributed by atoms with Gasteiger partial charge in [-0.15, -0.1) is 0 Å². The second kappa shape index (κ2) is 4.58. The smallest absolute Gasteiger partial charge is 0.212 e. The maximum Gasteiger partial charge on any atom is 0.417 e. The molecule has 2 nitrogen and oxygen atoms in total. The zero-order chi connectivity index (χ0) is 12.6. The summed E-state index contributed by atoms with van der Waals surface area (Å²) in [4.78, 5) is -0.351. The molecule has 8 heteroatoms. The van der Waals surface area contributed by atoms with E-state index in [9.17, 15) is 21.6 Å². The standard InChI is InChI=1S/C8H6BrF3O2S2/c1-15-16(13,14)5-2-3-7(9)6(4-5)8(10,11)12/h2-4H,1H3. The summed E-state index contributed by atoms with van der Waals surface area (Å²) in [6.07, 6.45) is -3.28. The van der Waals surface area contributed by atoms with Gasteiger partial charge in [0.2, 0.25) is 8.87 Å². The van der Waals surface area contributed by atoms with Gasteiger partial charge in [0.1, 0.15) is 0 Å². The summed E-state index contributed by atoms with van der Waals surface area (Å²) in [6.45, 7) is 0. The molecule has 0 spiro atoms. The van der Waals surface area contributed by atoms with Gasteiger partial charge in [0.05, 0.1) is 10.5 Å². The summed E-state index contributed by atoms with van der Waals surface area (Å²) in [5.74, 6) is 0. The van der Waals surface area contributed by atoms with Crippen LogP contribution in [-0.2, 0) is 15.0 Å². The van der Waals surface area contributed by atoms with Crippen LogP contribution in [0.15, 0.2) is 27.6 Å². The lowest BCUT2D eigenvalue weighted by Crippen LogP contribution is -2.07. The molecule has 1 aromatic carbocycles. The summed E-state index contributed by atoms with van der Waals surface area (Å²) in [7, 11) is -3.21. The summed E-state index contributed by atoms with van der Waals surface area (Å²) < 4.78 is 60.0. The van der Waals surface area contributed by atoms with Crippen molar-refractivity contribution in [2.75, 3.05) is 6.26 Å². The molecule has 0 saturated heterocycles. The van der Waals surface area contributed by atoms with Crippen LogP contribution in [0.25, 0.3) is 0 Å². The van der Waals surface area contributed by atoms with Crippen molar-refractivity contribution in [3.63, 3.8) is 0 Å². The Bertz CT molecular complexity index is 496. The molecule has 90 valence electrons. The Labute approximate surface area is 103 Å². The van der Waals surface area contributed by atoms with Crippen molar-refractivity contribution in [1.82, 2.24) is 0 Å². The molecule has 0 heterocycles. The van der Waals surface area contributed by atoms with Crippen molar-refractivity contribution in [2.45, 2.75) is 11.1 Å². The lowest BCUT2D eigenvalue weighted by atomic mass is 10.2. The van der Waals surface area contributed by atoms with Crippen LogP contribution in [0.3, 0.4) is 0 Å². The van der Waals surface area contributed by atoms with E-state index in [2.05, 4.69) is 15.9 Å². The highest BCUT2D eigenvalue weighted by Gasteiger charge is 2.34. The zero-order valence-electron chi connectivity index (χ0n) is 7.88. The molecule has 0 bridgehead atoms. The van der Waals surface area contributed by atoms with E-state index in [0.29, 0.717) is 16.9 Å². The molecule has 0 saturated carbocycles. The fourth-order valence-corrected chi connectivity index (χ4v) is 3.02. The largest absolute Gasteiger partial charge is 0.417 e. The Morgan fingerprint density at radius 2 is 1.88 bits per heavy atom. The molecule has 0 unspecified atom stereocenters. The first kappa shape index (κ1) is 13.9. The van der Waals surface area contributed by atoms with E-state index in [0.717, 1.165) is 12.1 Å². The molecule has 0 atom stereocenters. The van der Waals surface area contributed by atoms with E-state index < -0.39 is 20.6 Å². The Balaban J connectivity index is 3.40. The first-order valence-electron chi connectivity index (χ1n) is 3.86. The van der Waals surface area contributed by atoms with Crippen molar-refractivity contribution in [3.8, 4) is 0 Å². The summed E-state index contributed by atoms with van der Waals surface area (Å²) in [5.41, 5.74) is -0.998. The molecule has 0 aliphatic rings. The monoisotopic (exact) mass is 334 g/mol. The fourth-order valence-electron chi connectivity index (χ4n) is 0.973. The van der Waals surface area contributed by atoms with E-state index >= 15 is 0 Å². The predicted octanol–water partition coefficient (Wildman–Crippen LogP) is 3.52. The van der Waals surface area contributed by atoms with Gasteiger partial charge in [-0.05, 0) is 35.2 Å². The van der Waals surface area contributed by atoms with Gasteiger partial charge in [-0.2, -0.15) is 13.2 Å². The van der Waals surface area contributed by atoms with Gasteiger partial charge in [0.25, 0.3) is 0 Å². The van der Waals surface area contributed by atoms with Crippen molar-refractivity contribution in [1.29, 1.82) is 0 Å². The first-order chi connectivity index (χ1) is 7.18. The molecule has 0 aromatic heterocycles. The van der Waals surface area contributed by atoms with E-state index in [1.807, 2.05) is 0 Å². The van der Waals surface area contributed by atoms with Gasteiger partial charge >= 0.3 is 6.18 Å². The van der Waals surface area contributed by atoms with Gasteiger partial charge in [0, 0.05) is 4.47 Å². The first-order valence-corrected chi connectivity index (χ1v) is 7.87. The number of rotatable bonds is 2. The number of hydrogen-bond donors (Lipinski definition) is 0. The molecule has 0 N–H and O–H groups in total. The molecule has 1 rings (SSSR count). The summed E-state index contributed by atoms with van der Waals surface area (Å²) in [5, 5.41) is 0. The quantitative estimate of drug-likeness (QED) is 0.776. The Morgan fingerprint density at radius 1 is 1.31 bits per heavy atom. The van der Waals surface area contributed by atoms with Crippen LogP contribution in [0.4, 0.5) is 13.2 Å². The predicted molar refractivity (Wildman–Crippen MR) is 59.8 cm³/mol. The van der Waals surface area contributed by atoms with E-state index in [1.165, 1.54) is 6.26 Å². The third kappa shape index (κ3) is 2.92. The lowest BCUT2D eigenvalue weighted by molar-refractivity contribution is -0.138. The molecular weight excluding hydrogens is 329 g/mol. The zero-order valence-corrected chi connectivity index (χ0v) is 11.1. The van der Waals surface area contributed by atoms with Crippen LogP contribution >= 0.6 is 26.7 Å². The number of benzene rings is 1. The third-order valence-corrected chi connectivity index (χ3v) is 5.61. The Kier molecular flexibility index (Phi) is 3.96. The van der Waals surface area contributed by atoms with Crippen molar-refractivity contribution >= 4 is 35.6 Å². The van der Waals surface area contributed by atoms with Crippen LogP contribution < -0.4 is 0 Å². The summed E-state index contributed by atoms with van der Waals surface area (Å²) in [6, 6.07) is 2.83. The van der Waals surface area contributed by atoms with Crippen molar-refractivity contribution < 1.29 is 21.6 Å². The van der Waals surface area contributed by atoms with Gasteiger partial charge in [-0.25, -0.2) is 8.42 Å². The van der Waals surface area contributed by atoms with Gasteiger partial charge in [0.15, 0.2) is 0 Å². The molecule has 0 radical (unpaired) electrons. The highest BCUT2D eigenvalue weighted by molar-refractivity contribution is 9.10. The topological polar surface area (TPSA) is 34.1 Å². The molecule has 1 aromatic rings. The van der Waals surface area contributed by atoms with Crippen LogP contribution in [0, 0.1) is 0 Å². The number of alkyl halides is 3. The van der Waals surface area contributed by atoms with Crippen molar-refractivity contribution in [2.24, 2.45) is 0 Å². The molecule has 16 heavy (non-hydrogen) atoms. The maximum atomic E-state index is 12.5. The fraction of sp³-hybridized carbons (Fsp3) is 0.250. The van der Waals surface area contributed by atoms with Gasteiger partial charge < -0.3 is 0 Å². The van der Waals surface area contributed by atoms with Crippen LogP contribution in [0.2, 0.25) is 0 Å². The van der Waals surface area contributed by atoms with Crippen molar-refractivity contribution in [3.05, 3.63) is 28.2 Å². The number of hydrogen-bond acceptors (Lipinski definition) is 3. The van der Waals surface area contributed by atoms with Gasteiger partial charge in [-0.1, -0.05) is 15.9 Å².